The maximum atomic E-state index is 5.45. The molecule has 3 heteroatoms. The molecule has 1 aliphatic heterocycles. The monoisotopic (exact) mass is 187 g/mol. The van der Waals surface area contributed by atoms with Gasteiger partial charge >= 0.3 is 0 Å². The van der Waals surface area contributed by atoms with E-state index in [4.69, 9.17) is 17.0 Å². The molecule has 0 bridgehead atoms. The van der Waals surface area contributed by atoms with Crippen LogP contribution in [0.15, 0.2) is 0 Å². The lowest BCUT2D eigenvalue weighted by atomic mass is 10.1. The highest BCUT2D eigenvalue weighted by molar-refractivity contribution is 7.80. The molecule has 1 saturated heterocycles. The zero-order valence-electron chi connectivity index (χ0n) is 7.88. The molecule has 0 aliphatic carbocycles. The summed E-state index contributed by atoms with van der Waals surface area (Å²) in [4.78, 5) is 2.17. The van der Waals surface area contributed by atoms with Crippen molar-refractivity contribution in [2.75, 3.05) is 13.1 Å². The molecule has 0 atom stereocenters. The second-order valence-corrected chi connectivity index (χ2v) is 3.83. The zero-order chi connectivity index (χ0) is 8.97. The van der Waals surface area contributed by atoms with Gasteiger partial charge in [0, 0.05) is 13.1 Å². The van der Waals surface area contributed by atoms with Gasteiger partial charge in [-0.1, -0.05) is 0 Å². The summed E-state index contributed by atoms with van der Waals surface area (Å²) in [7, 11) is 0. The number of rotatable bonds is 1. The van der Waals surface area contributed by atoms with Gasteiger partial charge in [-0.05, 0) is 45.3 Å². The Balaban J connectivity index is 2.30. The predicted molar refractivity (Wildman–Crippen MR) is 54.2 cm³/mol. The summed E-state index contributed by atoms with van der Waals surface area (Å²) >= 11 is 5.15. The molecule has 0 N–H and O–H groups in total. The van der Waals surface area contributed by atoms with Crippen molar-refractivity contribution in [3.05, 3.63) is 0 Å². The lowest BCUT2D eigenvalue weighted by Crippen LogP contribution is -2.36. The van der Waals surface area contributed by atoms with E-state index in [9.17, 15) is 0 Å². The summed E-state index contributed by atoms with van der Waals surface area (Å²) in [5, 5.41) is 0.685. The van der Waals surface area contributed by atoms with E-state index in [0.717, 1.165) is 13.1 Å². The molecule has 0 aromatic carbocycles. The molecule has 70 valence electrons. The van der Waals surface area contributed by atoms with Crippen molar-refractivity contribution in [1.29, 1.82) is 0 Å². The number of piperidine rings is 1. The van der Waals surface area contributed by atoms with Crippen LogP contribution < -0.4 is 0 Å². The highest BCUT2D eigenvalue weighted by Crippen LogP contribution is 2.10. The SMILES string of the molecule is CC(C)OC(=S)N1CCCCC1. The van der Waals surface area contributed by atoms with Crippen LogP contribution in [0.4, 0.5) is 0 Å². The second kappa shape index (κ2) is 4.65. The summed E-state index contributed by atoms with van der Waals surface area (Å²) in [5.41, 5.74) is 0. The average Bonchev–Trinajstić information content (AvgIpc) is 2.05. The van der Waals surface area contributed by atoms with Crippen LogP contribution in [0.1, 0.15) is 33.1 Å². The fourth-order valence-corrected chi connectivity index (χ4v) is 1.73. The van der Waals surface area contributed by atoms with Crippen LogP contribution in [0.5, 0.6) is 0 Å². The van der Waals surface area contributed by atoms with Crippen LogP contribution in [-0.2, 0) is 4.74 Å². The van der Waals surface area contributed by atoms with Crippen LogP contribution in [0, 0.1) is 0 Å². The Morgan fingerprint density at radius 2 is 1.83 bits per heavy atom. The quantitative estimate of drug-likeness (QED) is 0.584. The van der Waals surface area contributed by atoms with E-state index in [0.29, 0.717) is 5.17 Å². The number of hydrogen-bond donors (Lipinski definition) is 0. The van der Waals surface area contributed by atoms with Crippen molar-refractivity contribution >= 4 is 17.4 Å². The van der Waals surface area contributed by atoms with Crippen LogP contribution in [0.2, 0.25) is 0 Å². The molecule has 0 aromatic rings. The molecule has 0 aromatic heterocycles. The Kier molecular flexibility index (Phi) is 3.79. The molecular formula is C9H17NOS. The number of thiocarbonyl (C=S) groups is 1. The van der Waals surface area contributed by atoms with Crippen molar-refractivity contribution < 1.29 is 4.74 Å². The Labute approximate surface area is 79.9 Å². The van der Waals surface area contributed by atoms with Crippen LogP contribution in [0.25, 0.3) is 0 Å². The van der Waals surface area contributed by atoms with Gasteiger partial charge in [0.05, 0.1) is 6.10 Å². The molecule has 0 spiro atoms. The van der Waals surface area contributed by atoms with E-state index in [1.165, 1.54) is 19.3 Å². The van der Waals surface area contributed by atoms with E-state index in [2.05, 4.69) is 4.90 Å². The minimum absolute atomic E-state index is 0.208. The van der Waals surface area contributed by atoms with E-state index < -0.39 is 0 Å². The number of ether oxygens (including phenoxy) is 1. The minimum atomic E-state index is 0.208. The van der Waals surface area contributed by atoms with Gasteiger partial charge in [0.15, 0.2) is 0 Å². The number of hydrogen-bond acceptors (Lipinski definition) is 2. The molecule has 1 aliphatic rings. The Morgan fingerprint density at radius 3 is 2.33 bits per heavy atom. The van der Waals surface area contributed by atoms with Crippen molar-refractivity contribution in [3.8, 4) is 0 Å². The first-order valence-corrected chi connectivity index (χ1v) is 5.06. The third kappa shape index (κ3) is 2.97. The molecule has 0 saturated carbocycles. The van der Waals surface area contributed by atoms with Gasteiger partial charge in [0.25, 0.3) is 5.17 Å². The standard InChI is InChI=1S/C9H17NOS/c1-8(2)11-9(12)10-6-4-3-5-7-10/h8H,3-7H2,1-2H3. The third-order valence-electron chi connectivity index (χ3n) is 1.95. The van der Waals surface area contributed by atoms with Gasteiger partial charge in [-0.2, -0.15) is 0 Å². The molecular weight excluding hydrogens is 170 g/mol. The van der Waals surface area contributed by atoms with Gasteiger partial charge in [-0.3, -0.25) is 0 Å². The van der Waals surface area contributed by atoms with Crippen molar-refractivity contribution in [2.24, 2.45) is 0 Å². The maximum Gasteiger partial charge on any atom is 0.259 e. The first-order valence-electron chi connectivity index (χ1n) is 4.65. The second-order valence-electron chi connectivity index (χ2n) is 3.48. The van der Waals surface area contributed by atoms with Gasteiger partial charge < -0.3 is 9.64 Å². The van der Waals surface area contributed by atoms with E-state index >= 15 is 0 Å². The number of nitrogens with zero attached hydrogens (tertiary/aromatic N) is 1. The van der Waals surface area contributed by atoms with Gasteiger partial charge in [-0.15, -0.1) is 0 Å². The molecule has 0 amide bonds. The number of likely N-dealkylation sites (tertiary alicyclic amines) is 1. The molecule has 12 heavy (non-hydrogen) atoms. The van der Waals surface area contributed by atoms with Crippen LogP contribution in [-0.4, -0.2) is 29.3 Å². The van der Waals surface area contributed by atoms with Crippen molar-refractivity contribution in [3.63, 3.8) is 0 Å². The molecule has 1 rings (SSSR count). The van der Waals surface area contributed by atoms with Crippen LogP contribution >= 0.6 is 12.2 Å². The van der Waals surface area contributed by atoms with Crippen LogP contribution in [0.3, 0.4) is 0 Å². The normalized spacial score (nSPS) is 18.1. The summed E-state index contributed by atoms with van der Waals surface area (Å²) in [5.74, 6) is 0. The molecule has 0 unspecified atom stereocenters. The fraction of sp³-hybridized carbons (Fsp3) is 0.889. The molecule has 1 fully saturated rings. The Hall–Kier alpha value is -0.310. The van der Waals surface area contributed by atoms with Gasteiger partial charge in [0.1, 0.15) is 0 Å². The summed E-state index contributed by atoms with van der Waals surface area (Å²) < 4.78 is 5.45. The lowest BCUT2D eigenvalue weighted by molar-refractivity contribution is 0.176. The van der Waals surface area contributed by atoms with E-state index in [1.807, 2.05) is 13.8 Å². The van der Waals surface area contributed by atoms with E-state index in [-0.39, 0.29) is 6.10 Å². The topological polar surface area (TPSA) is 12.5 Å². The fourth-order valence-electron chi connectivity index (χ4n) is 1.35. The lowest BCUT2D eigenvalue weighted by Gasteiger charge is -2.29. The molecule has 2 nitrogen and oxygen atoms in total. The first kappa shape index (κ1) is 9.78. The summed E-state index contributed by atoms with van der Waals surface area (Å²) in [6, 6.07) is 0. The van der Waals surface area contributed by atoms with Gasteiger partial charge in [-0.25, -0.2) is 0 Å². The van der Waals surface area contributed by atoms with E-state index in [1.54, 1.807) is 0 Å². The first-order chi connectivity index (χ1) is 5.70. The largest absolute Gasteiger partial charge is 0.468 e. The van der Waals surface area contributed by atoms with Gasteiger partial charge in [0.2, 0.25) is 0 Å². The highest BCUT2D eigenvalue weighted by atomic mass is 32.1. The highest BCUT2D eigenvalue weighted by Gasteiger charge is 2.14. The molecule has 0 radical (unpaired) electrons. The predicted octanol–water partition coefficient (Wildman–Crippen LogP) is 2.18. The average molecular weight is 187 g/mol. The third-order valence-corrected chi connectivity index (χ3v) is 2.31. The maximum absolute atomic E-state index is 5.45. The summed E-state index contributed by atoms with van der Waals surface area (Å²) in [6.45, 7) is 6.17. The van der Waals surface area contributed by atoms with Crippen molar-refractivity contribution in [2.45, 2.75) is 39.2 Å². The minimum Gasteiger partial charge on any atom is -0.468 e. The van der Waals surface area contributed by atoms with Crippen molar-refractivity contribution in [1.82, 2.24) is 4.90 Å². The smallest absolute Gasteiger partial charge is 0.259 e. The Morgan fingerprint density at radius 1 is 1.25 bits per heavy atom. The Bertz CT molecular complexity index is 153. The zero-order valence-corrected chi connectivity index (χ0v) is 8.69. The molecule has 1 heterocycles. The summed E-state index contributed by atoms with van der Waals surface area (Å²) in [6.07, 6.45) is 4.05.